The van der Waals surface area contributed by atoms with Crippen molar-refractivity contribution in [1.29, 1.82) is 0 Å². The van der Waals surface area contributed by atoms with Crippen LogP contribution in [0.15, 0.2) is 18.2 Å². The highest BCUT2D eigenvalue weighted by Crippen LogP contribution is 2.39. The Morgan fingerprint density at radius 2 is 1.89 bits per heavy atom. The molecular weight excluding hydrogens is 350 g/mol. The minimum Gasteiger partial charge on any atom is -0.481 e. The number of aliphatic carboxylic acids is 1. The molecule has 1 aromatic carbocycles. The maximum atomic E-state index is 12.9. The molecule has 2 saturated heterocycles. The highest BCUT2D eigenvalue weighted by Gasteiger charge is 2.48. The molecule has 146 valence electrons. The molecule has 1 aromatic rings. The molecule has 2 fully saturated rings. The molecule has 0 aliphatic carbocycles. The van der Waals surface area contributed by atoms with E-state index in [0.717, 1.165) is 25.9 Å². The number of nitrogens with zero attached hydrogens (tertiary/aromatic N) is 3. The van der Waals surface area contributed by atoms with Gasteiger partial charge in [0.25, 0.3) is 11.6 Å². The monoisotopic (exact) mass is 375 g/mol. The fourth-order valence-electron chi connectivity index (χ4n) is 4.11. The number of amides is 1. The number of nitro groups is 1. The van der Waals surface area contributed by atoms with Crippen molar-refractivity contribution in [2.24, 2.45) is 11.3 Å². The molecule has 8 nitrogen and oxygen atoms in total. The third-order valence-corrected chi connectivity index (χ3v) is 5.98. The topological polar surface area (TPSA) is 104 Å². The summed E-state index contributed by atoms with van der Waals surface area (Å²) in [5, 5.41) is 21.2. The second-order valence-corrected chi connectivity index (χ2v) is 7.75. The molecular formula is C19H25N3O5. The van der Waals surface area contributed by atoms with Gasteiger partial charge in [-0.3, -0.25) is 19.7 Å². The van der Waals surface area contributed by atoms with E-state index < -0.39 is 16.3 Å². The van der Waals surface area contributed by atoms with Crippen LogP contribution in [0.4, 0.5) is 11.4 Å². The molecule has 0 aromatic heterocycles. The molecule has 2 aliphatic heterocycles. The Hall–Kier alpha value is -2.64. The van der Waals surface area contributed by atoms with E-state index in [9.17, 15) is 24.8 Å². The van der Waals surface area contributed by atoms with Crippen LogP contribution in [0.1, 0.15) is 43.5 Å². The Morgan fingerprint density at radius 1 is 1.22 bits per heavy atom. The minimum atomic E-state index is -0.961. The highest BCUT2D eigenvalue weighted by molar-refractivity contribution is 5.96. The van der Waals surface area contributed by atoms with Crippen LogP contribution in [0.5, 0.6) is 0 Å². The molecule has 0 saturated carbocycles. The van der Waals surface area contributed by atoms with Gasteiger partial charge in [-0.05, 0) is 37.3 Å². The largest absolute Gasteiger partial charge is 0.481 e. The quantitative estimate of drug-likeness (QED) is 0.627. The number of benzene rings is 1. The Kier molecular flexibility index (Phi) is 5.08. The van der Waals surface area contributed by atoms with E-state index in [2.05, 4.69) is 0 Å². The van der Waals surface area contributed by atoms with Gasteiger partial charge < -0.3 is 14.9 Å². The molecule has 1 atom stereocenters. The van der Waals surface area contributed by atoms with Crippen molar-refractivity contribution in [3.05, 3.63) is 33.9 Å². The third-order valence-electron chi connectivity index (χ3n) is 5.98. The maximum Gasteiger partial charge on any atom is 0.311 e. The zero-order chi connectivity index (χ0) is 19.8. The van der Waals surface area contributed by atoms with Crippen LogP contribution < -0.4 is 4.90 Å². The van der Waals surface area contributed by atoms with Crippen LogP contribution in [0.2, 0.25) is 0 Å². The fourth-order valence-corrected chi connectivity index (χ4v) is 4.11. The van der Waals surface area contributed by atoms with E-state index in [1.54, 1.807) is 12.1 Å². The van der Waals surface area contributed by atoms with Gasteiger partial charge in [0.05, 0.1) is 10.3 Å². The van der Waals surface area contributed by atoms with E-state index >= 15 is 0 Å². The number of hydrogen-bond acceptors (Lipinski definition) is 5. The average molecular weight is 375 g/mol. The SMILES string of the molecule is CC(C)C1(C(=O)O)CCN(C(=O)c2ccc(N3CCCC3)c([N+](=O)[O-])c2)C1. The molecule has 27 heavy (non-hydrogen) atoms. The number of carbonyl (C=O) groups excluding carboxylic acids is 1. The lowest BCUT2D eigenvalue weighted by atomic mass is 9.76. The lowest BCUT2D eigenvalue weighted by Crippen LogP contribution is -2.40. The first-order valence-electron chi connectivity index (χ1n) is 9.32. The molecule has 1 unspecified atom stereocenters. The van der Waals surface area contributed by atoms with Gasteiger partial charge in [-0.15, -0.1) is 0 Å². The van der Waals surface area contributed by atoms with Crippen LogP contribution in [-0.4, -0.2) is 53.0 Å². The zero-order valence-electron chi connectivity index (χ0n) is 15.7. The first-order valence-corrected chi connectivity index (χ1v) is 9.32. The summed E-state index contributed by atoms with van der Waals surface area (Å²) < 4.78 is 0. The van der Waals surface area contributed by atoms with Gasteiger partial charge in [0, 0.05) is 37.8 Å². The molecule has 1 amide bonds. The predicted octanol–water partition coefficient (Wildman–Crippen LogP) is 2.77. The first kappa shape index (κ1) is 19.1. The molecule has 0 bridgehead atoms. The van der Waals surface area contributed by atoms with Crippen LogP contribution in [-0.2, 0) is 4.79 Å². The van der Waals surface area contributed by atoms with E-state index in [-0.39, 0.29) is 29.6 Å². The van der Waals surface area contributed by atoms with E-state index in [1.165, 1.54) is 11.0 Å². The second kappa shape index (κ2) is 7.17. The number of likely N-dealkylation sites (tertiary alicyclic amines) is 1. The molecule has 1 N–H and O–H groups in total. The number of carbonyl (C=O) groups is 2. The van der Waals surface area contributed by atoms with Crippen molar-refractivity contribution in [3.63, 3.8) is 0 Å². The summed E-state index contributed by atoms with van der Waals surface area (Å²) in [4.78, 5) is 39.2. The zero-order valence-corrected chi connectivity index (χ0v) is 15.7. The molecule has 0 radical (unpaired) electrons. The molecule has 8 heteroatoms. The first-order chi connectivity index (χ1) is 12.8. The minimum absolute atomic E-state index is 0.0738. The van der Waals surface area contributed by atoms with Crippen molar-refractivity contribution < 1.29 is 19.6 Å². The summed E-state index contributed by atoms with van der Waals surface area (Å²) in [5.41, 5.74) is -0.265. The fraction of sp³-hybridized carbons (Fsp3) is 0.579. The summed E-state index contributed by atoms with van der Waals surface area (Å²) in [6.45, 7) is 5.70. The van der Waals surface area contributed by atoms with Gasteiger partial charge >= 0.3 is 5.97 Å². The van der Waals surface area contributed by atoms with Crippen LogP contribution >= 0.6 is 0 Å². The van der Waals surface area contributed by atoms with Gasteiger partial charge in [0.15, 0.2) is 0 Å². The average Bonchev–Trinajstić information content (AvgIpc) is 3.31. The maximum absolute atomic E-state index is 12.9. The lowest BCUT2D eigenvalue weighted by Gasteiger charge is -2.28. The van der Waals surface area contributed by atoms with Crippen LogP contribution in [0, 0.1) is 21.4 Å². The standard InChI is InChI=1S/C19H25N3O5/c1-13(2)19(18(24)25)7-10-21(12-19)17(23)14-5-6-15(16(11-14)22(26)27)20-8-3-4-9-20/h5-6,11,13H,3-4,7-10,12H2,1-2H3,(H,24,25). The molecule has 2 heterocycles. The predicted molar refractivity (Wildman–Crippen MR) is 100.0 cm³/mol. The van der Waals surface area contributed by atoms with Gasteiger partial charge in [-0.25, -0.2) is 0 Å². The van der Waals surface area contributed by atoms with Gasteiger partial charge in [0.2, 0.25) is 0 Å². The second-order valence-electron chi connectivity index (χ2n) is 7.75. The van der Waals surface area contributed by atoms with Crippen molar-refractivity contribution in [1.82, 2.24) is 4.90 Å². The van der Waals surface area contributed by atoms with Crippen molar-refractivity contribution in [2.75, 3.05) is 31.1 Å². The lowest BCUT2D eigenvalue weighted by molar-refractivity contribution is -0.384. The van der Waals surface area contributed by atoms with E-state index in [1.807, 2.05) is 18.7 Å². The molecule has 0 spiro atoms. The van der Waals surface area contributed by atoms with Gasteiger partial charge in [0.1, 0.15) is 5.69 Å². The van der Waals surface area contributed by atoms with E-state index in [0.29, 0.717) is 18.7 Å². The van der Waals surface area contributed by atoms with Crippen LogP contribution in [0.3, 0.4) is 0 Å². The Morgan fingerprint density at radius 3 is 2.41 bits per heavy atom. The summed E-state index contributed by atoms with van der Waals surface area (Å²) in [6, 6.07) is 4.57. The van der Waals surface area contributed by atoms with Crippen molar-refractivity contribution in [2.45, 2.75) is 33.1 Å². The van der Waals surface area contributed by atoms with Crippen molar-refractivity contribution in [3.8, 4) is 0 Å². The van der Waals surface area contributed by atoms with Crippen LogP contribution in [0.25, 0.3) is 0 Å². The normalized spacial score (nSPS) is 22.5. The molecule has 2 aliphatic rings. The number of anilines is 1. The van der Waals surface area contributed by atoms with E-state index in [4.69, 9.17) is 0 Å². The summed E-state index contributed by atoms with van der Waals surface area (Å²) in [7, 11) is 0. The van der Waals surface area contributed by atoms with Gasteiger partial charge in [-0.2, -0.15) is 0 Å². The Bertz CT molecular complexity index is 773. The van der Waals surface area contributed by atoms with Gasteiger partial charge in [-0.1, -0.05) is 13.8 Å². The molecule has 3 rings (SSSR count). The summed E-state index contributed by atoms with van der Waals surface area (Å²) in [6.07, 6.45) is 2.38. The number of carboxylic acid groups (broad SMARTS) is 1. The van der Waals surface area contributed by atoms with Crippen molar-refractivity contribution >= 4 is 23.3 Å². The smallest absolute Gasteiger partial charge is 0.311 e. The third kappa shape index (κ3) is 3.36. The Labute approximate surface area is 157 Å². The summed E-state index contributed by atoms with van der Waals surface area (Å²) in [5.74, 6) is -1.36. The number of nitro benzene ring substituents is 1. The summed E-state index contributed by atoms with van der Waals surface area (Å²) >= 11 is 0. The number of hydrogen-bond donors (Lipinski definition) is 1. The Balaban J connectivity index is 1.86. The highest BCUT2D eigenvalue weighted by atomic mass is 16.6. The number of rotatable bonds is 5. The number of carboxylic acids is 1.